The van der Waals surface area contributed by atoms with E-state index >= 15 is 0 Å². The number of benzene rings is 1. The Labute approximate surface area is 146 Å². The summed E-state index contributed by atoms with van der Waals surface area (Å²) in [5.41, 5.74) is 2.04. The van der Waals surface area contributed by atoms with Crippen molar-refractivity contribution in [1.29, 1.82) is 5.26 Å². The van der Waals surface area contributed by atoms with Crippen molar-refractivity contribution < 1.29 is 9.18 Å². The zero-order valence-corrected chi connectivity index (χ0v) is 13.8. The minimum Gasteiger partial charge on any atom is -0.370 e. The van der Waals surface area contributed by atoms with E-state index in [4.69, 9.17) is 0 Å². The van der Waals surface area contributed by atoms with Gasteiger partial charge in [0.1, 0.15) is 11.9 Å². The molecule has 0 unspecified atom stereocenters. The summed E-state index contributed by atoms with van der Waals surface area (Å²) in [6.45, 7) is 1.82. The SMILES string of the molecule is N#Cc1cc(F)ccc1N1CCC(C(=O)NCc2cccnc2)CC1. The first-order valence-electron chi connectivity index (χ1n) is 8.28. The molecule has 1 amide bonds. The second-order valence-corrected chi connectivity index (χ2v) is 6.11. The monoisotopic (exact) mass is 338 g/mol. The van der Waals surface area contributed by atoms with Gasteiger partial charge in [-0.15, -0.1) is 0 Å². The summed E-state index contributed by atoms with van der Waals surface area (Å²) in [5, 5.41) is 12.1. The van der Waals surface area contributed by atoms with Crippen LogP contribution in [0.25, 0.3) is 0 Å². The number of nitrogens with zero attached hydrogens (tertiary/aromatic N) is 3. The standard InChI is InChI=1S/C19H19FN4O/c20-17-3-4-18(16(10-17)11-21)24-8-5-15(6-9-24)19(25)23-13-14-2-1-7-22-12-14/h1-4,7,10,12,15H,5-6,8-9,13H2,(H,23,25). The molecular weight excluding hydrogens is 319 g/mol. The summed E-state index contributed by atoms with van der Waals surface area (Å²) < 4.78 is 13.3. The molecular formula is C19H19FN4O. The minimum atomic E-state index is -0.412. The second-order valence-electron chi connectivity index (χ2n) is 6.11. The van der Waals surface area contributed by atoms with Crippen LogP contribution in [0.2, 0.25) is 0 Å². The predicted octanol–water partition coefficient (Wildman–Crippen LogP) is 2.63. The highest BCUT2D eigenvalue weighted by atomic mass is 19.1. The molecule has 1 aromatic carbocycles. The Morgan fingerprint density at radius 3 is 2.84 bits per heavy atom. The number of hydrogen-bond donors (Lipinski definition) is 1. The molecule has 0 atom stereocenters. The summed E-state index contributed by atoms with van der Waals surface area (Å²) in [5.74, 6) is -0.410. The van der Waals surface area contributed by atoms with Gasteiger partial charge in [-0.1, -0.05) is 6.07 Å². The quantitative estimate of drug-likeness (QED) is 0.930. The smallest absolute Gasteiger partial charge is 0.223 e. The van der Waals surface area contributed by atoms with E-state index in [0.29, 0.717) is 38.0 Å². The lowest BCUT2D eigenvalue weighted by molar-refractivity contribution is -0.125. The van der Waals surface area contributed by atoms with Crippen molar-refractivity contribution in [2.45, 2.75) is 19.4 Å². The summed E-state index contributed by atoms with van der Waals surface area (Å²) in [4.78, 5) is 18.4. The van der Waals surface area contributed by atoms with Gasteiger partial charge < -0.3 is 10.2 Å². The third kappa shape index (κ3) is 4.13. The number of amides is 1. The molecule has 0 bridgehead atoms. The molecule has 6 heteroatoms. The molecule has 5 nitrogen and oxygen atoms in total. The topological polar surface area (TPSA) is 69.0 Å². The Bertz CT molecular complexity index is 780. The van der Waals surface area contributed by atoms with Crippen LogP contribution in [0.15, 0.2) is 42.7 Å². The first-order chi connectivity index (χ1) is 12.2. The lowest BCUT2D eigenvalue weighted by Gasteiger charge is -2.33. The minimum absolute atomic E-state index is 0.0427. The summed E-state index contributed by atoms with van der Waals surface area (Å²) >= 11 is 0. The van der Waals surface area contributed by atoms with E-state index < -0.39 is 5.82 Å². The van der Waals surface area contributed by atoms with E-state index in [1.165, 1.54) is 12.1 Å². The fourth-order valence-corrected chi connectivity index (χ4v) is 3.09. The first-order valence-corrected chi connectivity index (χ1v) is 8.28. The van der Waals surface area contributed by atoms with E-state index in [1.54, 1.807) is 18.5 Å². The van der Waals surface area contributed by atoms with Gasteiger partial charge in [-0.05, 0) is 42.7 Å². The van der Waals surface area contributed by atoms with E-state index in [1.807, 2.05) is 23.1 Å². The lowest BCUT2D eigenvalue weighted by atomic mass is 9.95. The van der Waals surface area contributed by atoms with Crippen LogP contribution >= 0.6 is 0 Å². The third-order valence-electron chi connectivity index (χ3n) is 4.48. The van der Waals surface area contributed by atoms with Gasteiger partial charge in [-0.3, -0.25) is 9.78 Å². The molecule has 25 heavy (non-hydrogen) atoms. The molecule has 1 aromatic heterocycles. The number of hydrogen-bond acceptors (Lipinski definition) is 4. The van der Waals surface area contributed by atoms with Crippen molar-refractivity contribution in [1.82, 2.24) is 10.3 Å². The Morgan fingerprint density at radius 2 is 2.16 bits per heavy atom. The number of nitrogens with one attached hydrogen (secondary N) is 1. The zero-order valence-electron chi connectivity index (χ0n) is 13.8. The van der Waals surface area contributed by atoms with Crippen molar-refractivity contribution >= 4 is 11.6 Å². The van der Waals surface area contributed by atoms with Crippen molar-refractivity contribution in [3.05, 3.63) is 59.7 Å². The number of carbonyl (C=O) groups excluding carboxylic acids is 1. The summed E-state index contributed by atoms with van der Waals surface area (Å²) in [6, 6.07) is 10.1. The van der Waals surface area contributed by atoms with Crippen molar-refractivity contribution in [2.75, 3.05) is 18.0 Å². The number of halogens is 1. The fourth-order valence-electron chi connectivity index (χ4n) is 3.09. The average molecular weight is 338 g/mol. The molecule has 2 heterocycles. The highest BCUT2D eigenvalue weighted by Gasteiger charge is 2.26. The van der Waals surface area contributed by atoms with E-state index in [0.717, 1.165) is 11.3 Å². The maximum Gasteiger partial charge on any atom is 0.223 e. The van der Waals surface area contributed by atoms with Crippen LogP contribution < -0.4 is 10.2 Å². The highest BCUT2D eigenvalue weighted by molar-refractivity contribution is 5.79. The normalized spacial score (nSPS) is 14.8. The molecule has 1 saturated heterocycles. The fraction of sp³-hybridized carbons (Fsp3) is 0.316. The third-order valence-corrected chi connectivity index (χ3v) is 4.48. The second kappa shape index (κ2) is 7.75. The van der Waals surface area contributed by atoms with E-state index in [9.17, 15) is 14.4 Å². The number of pyridine rings is 1. The van der Waals surface area contributed by atoms with Gasteiger partial charge in [0.2, 0.25) is 5.91 Å². The molecule has 2 aromatic rings. The molecule has 128 valence electrons. The Balaban J connectivity index is 1.55. The molecule has 0 radical (unpaired) electrons. The van der Waals surface area contributed by atoms with Gasteiger partial charge in [-0.25, -0.2) is 4.39 Å². The van der Waals surface area contributed by atoms with Crippen LogP contribution in [0.4, 0.5) is 10.1 Å². The van der Waals surface area contributed by atoms with Crippen LogP contribution in [0.5, 0.6) is 0 Å². The highest BCUT2D eigenvalue weighted by Crippen LogP contribution is 2.26. The maximum atomic E-state index is 13.3. The molecule has 0 spiro atoms. The van der Waals surface area contributed by atoms with Gasteiger partial charge in [0.25, 0.3) is 0 Å². The Kier molecular flexibility index (Phi) is 5.24. The number of piperidine rings is 1. The van der Waals surface area contributed by atoms with Crippen molar-refractivity contribution in [3.63, 3.8) is 0 Å². The molecule has 0 saturated carbocycles. The van der Waals surface area contributed by atoms with Crippen LogP contribution in [0.1, 0.15) is 24.0 Å². The maximum absolute atomic E-state index is 13.3. The van der Waals surface area contributed by atoms with Gasteiger partial charge in [-0.2, -0.15) is 5.26 Å². The predicted molar refractivity (Wildman–Crippen MR) is 92.1 cm³/mol. The van der Waals surface area contributed by atoms with Gasteiger partial charge in [0, 0.05) is 37.9 Å². The van der Waals surface area contributed by atoms with E-state index in [-0.39, 0.29) is 11.8 Å². The molecule has 1 aliphatic rings. The van der Waals surface area contributed by atoms with Crippen molar-refractivity contribution in [3.8, 4) is 6.07 Å². The van der Waals surface area contributed by atoms with E-state index in [2.05, 4.69) is 10.3 Å². The van der Waals surface area contributed by atoms with Crippen molar-refractivity contribution in [2.24, 2.45) is 5.92 Å². The van der Waals surface area contributed by atoms with Crippen LogP contribution in [0.3, 0.4) is 0 Å². The first kappa shape index (κ1) is 16.9. The lowest BCUT2D eigenvalue weighted by Crippen LogP contribution is -2.40. The number of aromatic nitrogens is 1. The number of rotatable bonds is 4. The Morgan fingerprint density at radius 1 is 1.36 bits per heavy atom. The molecule has 0 aliphatic carbocycles. The molecule has 1 N–H and O–H groups in total. The summed E-state index contributed by atoms with van der Waals surface area (Å²) in [7, 11) is 0. The zero-order chi connectivity index (χ0) is 17.6. The molecule has 3 rings (SSSR count). The van der Waals surface area contributed by atoms with Crippen LogP contribution in [0, 0.1) is 23.1 Å². The number of carbonyl (C=O) groups is 1. The van der Waals surface area contributed by atoms with Gasteiger partial charge in [0.05, 0.1) is 11.3 Å². The van der Waals surface area contributed by atoms with Crippen LogP contribution in [-0.4, -0.2) is 24.0 Å². The number of nitriles is 1. The number of anilines is 1. The Hall–Kier alpha value is -2.94. The summed E-state index contributed by atoms with van der Waals surface area (Å²) in [6.07, 6.45) is 4.86. The molecule has 1 fully saturated rings. The van der Waals surface area contributed by atoms with Gasteiger partial charge >= 0.3 is 0 Å². The van der Waals surface area contributed by atoms with Crippen LogP contribution in [-0.2, 0) is 11.3 Å². The average Bonchev–Trinajstić information content (AvgIpc) is 2.67. The van der Waals surface area contributed by atoms with Gasteiger partial charge in [0.15, 0.2) is 0 Å². The molecule has 1 aliphatic heterocycles. The largest absolute Gasteiger partial charge is 0.370 e.